The van der Waals surface area contributed by atoms with Crippen LogP contribution in [0.3, 0.4) is 0 Å². The maximum Gasteiger partial charge on any atom is 0.417 e. The Hall–Kier alpha value is -4.02. The van der Waals surface area contributed by atoms with Gasteiger partial charge >= 0.3 is 6.18 Å². The van der Waals surface area contributed by atoms with E-state index >= 15 is 0 Å². The lowest BCUT2D eigenvalue weighted by atomic mass is 10.1. The van der Waals surface area contributed by atoms with Crippen LogP contribution in [0.1, 0.15) is 46.0 Å². The van der Waals surface area contributed by atoms with E-state index in [-0.39, 0.29) is 24.0 Å². The second-order valence-corrected chi connectivity index (χ2v) is 7.53. The minimum Gasteiger partial charge on any atom is -0.383 e. The van der Waals surface area contributed by atoms with Gasteiger partial charge in [0, 0.05) is 17.1 Å². The number of amides is 1. The minimum absolute atomic E-state index is 0.0657. The van der Waals surface area contributed by atoms with E-state index in [1.807, 2.05) is 13.0 Å². The Morgan fingerprint density at radius 1 is 1.18 bits per heavy atom. The number of alkyl halides is 3. The van der Waals surface area contributed by atoms with Crippen molar-refractivity contribution < 1.29 is 22.5 Å². The third-order valence-corrected chi connectivity index (χ3v) is 5.26. The predicted octanol–water partition coefficient (Wildman–Crippen LogP) is 4.33. The zero-order valence-electron chi connectivity index (χ0n) is 17.7. The fourth-order valence-corrected chi connectivity index (χ4v) is 3.34. The van der Waals surface area contributed by atoms with Crippen molar-refractivity contribution in [2.45, 2.75) is 32.6 Å². The number of fused-ring (bicyclic) bond motifs is 1. The van der Waals surface area contributed by atoms with Gasteiger partial charge in [-0.3, -0.25) is 9.78 Å². The fourth-order valence-electron chi connectivity index (χ4n) is 3.34. The first-order valence-electron chi connectivity index (χ1n) is 9.89. The molecular formula is C22H19F3N6O2. The van der Waals surface area contributed by atoms with Crippen LogP contribution in [0, 0.1) is 6.92 Å². The number of nitrogens with two attached hydrogens (primary N) is 1. The number of aromatic nitrogens is 4. The van der Waals surface area contributed by atoms with E-state index < -0.39 is 17.8 Å². The van der Waals surface area contributed by atoms with Crippen molar-refractivity contribution in [3.8, 4) is 0 Å². The summed E-state index contributed by atoms with van der Waals surface area (Å²) < 4.78 is 43.4. The topological polar surface area (TPSA) is 111 Å². The van der Waals surface area contributed by atoms with Gasteiger partial charge in [0.2, 0.25) is 6.39 Å². The predicted molar refractivity (Wildman–Crippen MR) is 113 cm³/mol. The zero-order valence-corrected chi connectivity index (χ0v) is 17.7. The van der Waals surface area contributed by atoms with Crippen molar-refractivity contribution in [2.24, 2.45) is 0 Å². The lowest BCUT2D eigenvalue weighted by Crippen LogP contribution is -2.34. The molecule has 0 fully saturated rings. The normalized spacial score (nSPS) is 12.6. The molecule has 3 aromatic heterocycles. The molecule has 33 heavy (non-hydrogen) atoms. The van der Waals surface area contributed by atoms with E-state index in [9.17, 15) is 18.0 Å². The number of pyridine rings is 2. The summed E-state index contributed by atoms with van der Waals surface area (Å²) in [5.41, 5.74) is 7.04. The first-order chi connectivity index (χ1) is 15.6. The molecule has 0 saturated heterocycles. The number of anilines is 1. The molecule has 1 amide bonds. The second-order valence-electron chi connectivity index (χ2n) is 7.53. The number of rotatable bonds is 5. The number of nitrogens with zero attached hydrogens (tertiary/aromatic N) is 5. The average Bonchev–Trinajstić information content (AvgIpc) is 3.32. The van der Waals surface area contributed by atoms with Crippen LogP contribution in [0.5, 0.6) is 0 Å². The molecule has 4 aromatic rings. The maximum absolute atomic E-state index is 13.5. The Labute approximate surface area is 186 Å². The number of carbonyl (C=O) groups is 1. The van der Waals surface area contributed by atoms with Crippen LogP contribution in [0.25, 0.3) is 10.9 Å². The maximum atomic E-state index is 13.5. The van der Waals surface area contributed by atoms with Gasteiger partial charge < -0.3 is 15.2 Å². The van der Waals surface area contributed by atoms with Gasteiger partial charge in [-0.1, -0.05) is 5.16 Å². The highest BCUT2D eigenvalue weighted by Gasteiger charge is 2.31. The second kappa shape index (κ2) is 8.49. The number of benzene rings is 1. The SMILES string of the molecule is Cc1cc2cc(C(=O)N(Cc3ccc(C(F)(F)F)cn3)[C@H](C)c3ncon3)ccc2nc1N. The smallest absolute Gasteiger partial charge is 0.383 e. The third-order valence-electron chi connectivity index (χ3n) is 5.26. The van der Waals surface area contributed by atoms with Gasteiger partial charge in [-0.15, -0.1) is 0 Å². The molecule has 4 rings (SSSR count). The molecule has 2 N–H and O–H groups in total. The lowest BCUT2D eigenvalue weighted by Gasteiger charge is -2.27. The van der Waals surface area contributed by atoms with Crippen LogP contribution in [0.2, 0.25) is 0 Å². The first-order valence-corrected chi connectivity index (χ1v) is 9.89. The van der Waals surface area contributed by atoms with Crippen molar-refractivity contribution in [1.82, 2.24) is 25.0 Å². The van der Waals surface area contributed by atoms with Crippen LogP contribution in [0.4, 0.5) is 19.0 Å². The van der Waals surface area contributed by atoms with E-state index in [1.165, 1.54) is 11.0 Å². The Bertz CT molecular complexity index is 1290. The van der Waals surface area contributed by atoms with Gasteiger partial charge in [0.05, 0.1) is 29.4 Å². The van der Waals surface area contributed by atoms with Gasteiger partial charge in [0.25, 0.3) is 5.91 Å². The van der Waals surface area contributed by atoms with E-state index in [2.05, 4.69) is 20.1 Å². The summed E-state index contributed by atoms with van der Waals surface area (Å²) in [5.74, 6) is 0.272. The van der Waals surface area contributed by atoms with Crippen LogP contribution >= 0.6 is 0 Å². The van der Waals surface area contributed by atoms with E-state index in [0.717, 1.165) is 29.6 Å². The molecule has 11 heteroatoms. The Morgan fingerprint density at radius 3 is 2.61 bits per heavy atom. The van der Waals surface area contributed by atoms with Gasteiger partial charge in [0.1, 0.15) is 5.82 Å². The van der Waals surface area contributed by atoms with Crippen LogP contribution < -0.4 is 5.73 Å². The molecular weight excluding hydrogens is 437 g/mol. The Morgan fingerprint density at radius 2 is 1.97 bits per heavy atom. The van der Waals surface area contributed by atoms with Crippen molar-refractivity contribution in [2.75, 3.05) is 5.73 Å². The molecule has 0 saturated carbocycles. The number of aryl methyl sites for hydroxylation is 1. The van der Waals surface area contributed by atoms with Gasteiger partial charge in [-0.25, -0.2) is 4.98 Å². The number of carbonyl (C=O) groups excluding carboxylic acids is 1. The summed E-state index contributed by atoms with van der Waals surface area (Å²) in [6.45, 7) is 3.45. The number of halogens is 3. The van der Waals surface area contributed by atoms with E-state index in [4.69, 9.17) is 10.3 Å². The first kappa shape index (κ1) is 22.2. The summed E-state index contributed by atoms with van der Waals surface area (Å²) in [7, 11) is 0. The summed E-state index contributed by atoms with van der Waals surface area (Å²) in [4.78, 5) is 27.1. The van der Waals surface area contributed by atoms with Crippen LogP contribution in [0.15, 0.2) is 53.5 Å². The fraction of sp³-hybridized carbons (Fsp3) is 0.227. The number of hydrogen-bond donors (Lipinski definition) is 1. The van der Waals surface area contributed by atoms with Gasteiger partial charge in [0.15, 0.2) is 5.82 Å². The summed E-state index contributed by atoms with van der Waals surface area (Å²) in [5, 5.41) is 4.53. The molecule has 0 aliphatic carbocycles. The summed E-state index contributed by atoms with van der Waals surface area (Å²) in [6, 6.07) is 8.35. The summed E-state index contributed by atoms with van der Waals surface area (Å²) in [6.07, 6.45) is -2.62. The van der Waals surface area contributed by atoms with Crippen LogP contribution in [-0.4, -0.2) is 30.9 Å². The standard InChI is InChI=1S/C22H19F3N6O2/c1-12-7-15-8-14(3-6-18(15)29-19(12)26)21(32)31(13(2)20-28-11-33-30-20)10-17-5-4-16(9-27-17)22(23,24)25/h3-9,11,13H,10H2,1-2H3,(H2,26,29)/t13-/m1/s1. The highest BCUT2D eigenvalue weighted by molar-refractivity contribution is 5.98. The molecule has 0 aliphatic heterocycles. The Balaban J connectivity index is 1.69. The third kappa shape index (κ3) is 4.61. The van der Waals surface area contributed by atoms with Gasteiger partial charge in [-0.05, 0) is 55.8 Å². The molecule has 0 aliphatic rings. The number of nitrogen functional groups attached to an aromatic ring is 1. The Kier molecular flexibility index (Phi) is 5.71. The molecule has 0 spiro atoms. The molecule has 170 valence electrons. The molecule has 0 bridgehead atoms. The molecule has 1 atom stereocenters. The van der Waals surface area contributed by atoms with E-state index in [0.29, 0.717) is 16.9 Å². The van der Waals surface area contributed by atoms with Gasteiger partial charge in [-0.2, -0.15) is 18.2 Å². The largest absolute Gasteiger partial charge is 0.417 e. The monoisotopic (exact) mass is 456 g/mol. The van der Waals surface area contributed by atoms with Crippen molar-refractivity contribution >= 4 is 22.6 Å². The molecule has 0 unspecified atom stereocenters. The lowest BCUT2D eigenvalue weighted by molar-refractivity contribution is -0.137. The highest BCUT2D eigenvalue weighted by atomic mass is 19.4. The summed E-state index contributed by atoms with van der Waals surface area (Å²) >= 11 is 0. The molecule has 3 heterocycles. The number of hydrogen-bond acceptors (Lipinski definition) is 7. The van der Waals surface area contributed by atoms with Crippen molar-refractivity contribution in [3.05, 3.63) is 77.2 Å². The van der Waals surface area contributed by atoms with Crippen molar-refractivity contribution in [3.63, 3.8) is 0 Å². The average molecular weight is 456 g/mol. The highest BCUT2D eigenvalue weighted by Crippen LogP contribution is 2.29. The molecule has 1 aromatic carbocycles. The van der Waals surface area contributed by atoms with Crippen molar-refractivity contribution in [1.29, 1.82) is 0 Å². The van der Waals surface area contributed by atoms with Crippen LogP contribution in [-0.2, 0) is 12.7 Å². The van der Waals surface area contributed by atoms with E-state index in [1.54, 1.807) is 25.1 Å². The zero-order chi connectivity index (χ0) is 23.8. The molecule has 0 radical (unpaired) electrons. The quantitative estimate of drug-likeness (QED) is 0.476. The minimum atomic E-state index is -4.50. The molecule has 8 nitrogen and oxygen atoms in total.